The number of hydrogen-bond acceptors (Lipinski definition) is 5. The molecular weight excluding hydrogens is 260 g/mol. The van der Waals surface area contributed by atoms with Crippen molar-refractivity contribution in [2.24, 2.45) is 0 Å². The van der Waals surface area contributed by atoms with E-state index in [1.54, 1.807) is 31.3 Å². The molecule has 2 rings (SSSR count). The van der Waals surface area contributed by atoms with E-state index in [2.05, 4.69) is 0 Å². The van der Waals surface area contributed by atoms with E-state index in [1.165, 1.54) is 6.07 Å². The van der Waals surface area contributed by atoms with Crippen molar-refractivity contribution in [2.45, 2.75) is 25.2 Å². The highest BCUT2D eigenvalue weighted by atomic mass is 16.7. The number of phenols is 1. The lowest BCUT2D eigenvalue weighted by Crippen LogP contribution is -2.44. The summed E-state index contributed by atoms with van der Waals surface area (Å²) in [5.41, 5.74) is 6.19. The van der Waals surface area contributed by atoms with Gasteiger partial charge in [-0.25, -0.2) is 0 Å². The standard InChI is InChI=1S/C14H20N2O4/c1-19-14(20-2)10-6-4-8-16(10)13(18)9-5-3-7-11(17)12(9)15/h3,5,7,10,14,17H,4,6,8,15H2,1-2H3/t10-/m0/s1. The Hall–Kier alpha value is -1.79. The first-order valence-electron chi connectivity index (χ1n) is 6.54. The third-order valence-corrected chi connectivity index (χ3v) is 3.65. The summed E-state index contributed by atoms with van der Waals surface area (Å²) in [7, 11) is 3.11. The summed E-state index contributed by atoms with van der Waals surface area (Å²) in [6.45, 7) is 0.627. The summed E-state index contributed by atoms with van der Waals surface area (Å²) < 4.78 is 10.5. The van der Waals surface area contributed by atoms with Gasteiger partial charge in [-0.2, -0.15) is 0 Å². The van der Waals surface area contributed by atoms with Gasteiger partial charge >= 0.3 is 0 Å². The number of nitrogen functional groups attached to an aromatic ring is 1. The van der Waals surface area contributed by atoms with Crippen LogP contribution in [-0.4, -0.2) is 49.0 Å². The lowest BCUT2D eigenvalue weighted by molar-refractivity contribution is -0.134. The molecule has 6 nitrogen and oxygen atoms in total. The number of anilines is 1. The molecule has 1 aromatic rings. The number of likely N-dealkylation sites (tertiary alicyclic amines) is 1. The van der Waals surface area contributed by atoms with E-state index in [-0.39, 0.29) is 23.4 Å². The van der Waals surface area contributed by atoms with Crippen molar-refractivity contribution in [1.82, 2.24) is 4.90 Å². The number of benzene rings is 1. The number of rotatable bonds is 4. The normalized spacial score (nSPS) is 18.8. The summed E-state index contributed by atoms with van der Waals surface area (Å²) in [4.78, 5) is 14.3. The van der Waals surface area contributed by atoms with E-state index in [4.69, 9.17) is 15.2 Å². The largest absolute Gasteiger partial charge is 0.506 e. The lowest BCUT2D eigenvalue weighted by Gasteiger charge is -2.30. The number of nitrogens with zero attached hydrogens (tertiary/aromatic N) is 1. The third kappa shape index (κ3) is 2.57. The van der Waals surface area contributed by atoms with Gasteiger partial charge in [0.25, 0.3) is 5.91 Å². The van der Waals surface area contributed by atoms with Gasteiger partial charge in [0.15, 0.2) is 6.29 Å². The zero-order valence-corrected chi connectivity index (χ0v) is 11.7. The van der Waals surface area contributed by atoms with Crippen molar-refractivity contribution in [1.29, 1.82) is 0 Å². The number of hydrogen-bond donors (Lipinski definition) is 2. The second-order valence-corrected chi connectivity index (χ2v) is 4.79. The minimum absolute atomic E-state index is 0.0818. The van der Waals surface area contributed by atoms with Crippen LogP contribution in [0.3, 0.4) is 0 Å². The van der Waals surface area contributed by atoms with Gasteiger partial charge in [0.05, 0.1) is 17.3 Å². The highest BCUT2D eigenvalue weighted by Gasteiger charge is 2.36. The molecule has 1 aromatic carbocycles. The third-order valence-electron chi connectivity index (χ3n) is 3.65. The minimum Gasteiger partial charge on any atom is -0.506 e. The molecule has 3 N–H and O–H groups in total. The van der Waals surface area contributed by atoms with Gasteiger partial charge in [-0.1, -0.05) is 6.07 Å². The maximum absolute atomic E-state index is 12.6. The Labute approximate surface area is 118 Å². The SMILES string of the molecule is COC(OC)[C@@H]1CCCN1C(=O)c1cccc(O)c1N. The van der Waals surface area contributed by atoms with Crippen molar-refractivity contribution in [3.8, 4) is 5.75 Å². The highest BCUT2D eigenvalue weighted by molar-refractivity contribution is 6.00. The van der Waals surface area contributed by atoms with Crippen LogP contribution in [0.4, 0.5) is 5.69 Å². The molecule has 0 aliphatic carbocycles. The average Bonchev–Trinajstić information content (AvgIpc) is 2.92. The predicted molar refractivity (Wildman–Crippen MR) is 74.4 cm³/mol. The van der Waals surface area contributed by atoms with Crippen LogP contribution in [0.25, 0.3) is 0 Å². The summed E-state index contributed by atoms with van der Waals surface area (Å²) in [5.74, 6) is -0.290. The molecule has 1 aliphatic heterocycles. The van der Waals surface area contributed by atoms with E-state index in [1.807, 2.05) is 0 Å². The molecule has 0 unspecified atom stereocenters. The van der Waals surface area contributed by atoms with Crippen molar-refractivity contribution in [2.75, 3.05) is 26.5 Å². The number of carbonyl (C=O) groups is 1. The Morgan fingerprint density at radius 3 is 2.80 bits per heavy atom. The molecule has 1 amide bonds. The molecule has 110 valence electrons. The molecule has 1 saturated heterocycles. The number of ether oxygens (including phenoxy) is 2. The highest BCUT2D eigenvalue weighted by Crippen LogP contribution is 2.29. The monoisotopic (exact) mass is 280 g/mol. The lowest BCUT2D eigenvalue weighted by atomic mass is 10.1. The zero-order valence-electron chi connectivity index (χ0n) is 11.7. The van der Waals surface area contributed by atoms with Crippen molar-refractivity contribution in [3.05, 3.63) is 23.8 Å². The smallest absolute Gasteiger partial charge is 0.256 e. The van der Waals surface area contributed by atoms with Gasteiger partial charge in [-0.3, -0.25) is 4.79 Å². The van der Waals surface area contributed by atoms with Crippen LogP contribution in [-0.2, 0) is 9.47 Å². The minimum atomic E-state index is -0.458. The van der Waals surface area contributed by atoms with E-state index in [0.29, 0.717) is 12.1 Å². The van der Waals surface area contributed by atoms with Gasteiger partial charge < -0.3 is 25.2 Å². The number of methoxy groups -OCH3 is 2. The first kappa shape index (κ1) is 14.6. The Bertz CT molecular complexity index is 488. The maximum atomic E-state index is 12.6. The molecule has 1 fully saturated rings. The molecule has 6 heteroatoms. The molecule has 1 aliphatic rings. The predicted octanol–water partition coefficient (Wildman–Crippen LogP) is 1.20. The Morgan fingerprint density at radius 2 is 2.15 bits per heavy atom. The van der Waals surface area contributed by atoms with E-state index >= 15 is 0 Å². The van der Waals surface area contributed by atoms with Gasteiger partial charge in [0.1, 0.15) is 5.75 Å². The topological polar surface area (TPSA) is 85.0 Å². The van der Waals surface area contributed by atoms with Gasteiger partial charge in [-0.05, 0) is 25.0 Å². The second-order valence-electron chi connectivity index (χ2n) is 4.79. The Kier molecular flexibility index (Phi) is 4.46. The molecule has 0 saturated carbocycles. The second kappa shape index (κ2) is 6.11. The molecule has 0 bridgehead atoms. The van der Waals surface area contributed by atoms with Crippen LogP contribution < -0.4 is 5.73 Å². The Morgan fingerprint density at radius 1 is 1.45 bits per heavy atom. The molecule has 0 spiro atoms. The number of carbonyl (C=O) groups excluding carboxylic acids is 1. The number of aromatic hydroxyl groups is 1. The number of amides is 1. The zero-order chi connectivity index (χ0) is 14.7. The summed E-state index contributed by atoms with van der Waals surface area (Å²) in [6.07, 6.45) is 1.25. The molecule has 0 radical (unpaired) electrons. The van der Waals surface area contributed by atoms with Gasteiger partial charge in [-0.15, -0.1) is 0 Å². The van der Waals surface area contributed by atoms with Crippen molar-refractivity contribution >= 4 is 11.6 Å². The maximum Gasteiger partial charge on any atom is 0.256 e. The van der Waals surface area contributed by atoms with Gasteiger partial charge in [0.2, 0.25) is 0 Å². The van der Waals surface area contributed by atoms with E-state index in [0.717, 1.165) is 12.8 Å². The van der Waals surface area contributed by atoms with Crippen LogP contribution in [0, 0.1) is 0 Å². The quantitative estimate of drug-likeness (QED) is 0.492. The Balaban J connectivity index is 2.25. The van der Waals surface area contributed by atoms with Crippen LogP contribution in [0.2, 0.25) is 0 Å². The molecule has 0 aromatic heterocycles. The molecule has 20 heavy (non-hydrogen) atoms. The summed E-state index contributed by atoms with van der Waals surface area (Å²) >= 11 is 0. The summed E-state index contributed by atoms with van der Waals surface area (Å²) in [5, 5.41) is 9.61. The fourth-order valence-electron chi connectivity index (χ4n) is 2.63. The fourth-order valence-corrected chi connectivity index (χ4v) is 2.63. The average molecular weight is 280 g/mol. The van der Waals surface area contributed by atoms with E-state index in [9.17, 15) is 9.90 Å². The first-order chi connectivity index (χ1) is 9.60. The molecule has 1 atom stereocenters. The van der Waals surface area contributed by atoms with E-state index < -0.39 is 6.29 Å². The van der Waals surface area contributed by atoms with Crippen LogP contribution in [0.15, 0.2) is 18.2 Å². The number of nitrogens with two attached hydrogens (primary N) is 1. The summed E-state index contributed by atoms with van der Waals surface area (Å²) in [6, 6.07) is 4.54. The molecular formula is C14H20N2O4. The number of phenolic OH excluding ortho intramolecular Hbond substituents is 1. The van der Waals surface area contributed by atoms with Crippen molar-refractivity contribution < 1.29 is 19.4 Å². The fraction of sp³-hybridized carbons (Fsp3) is 0.500. The first-order valence-corrected chi connectivity index (χ1v) is 6.54. The van der Waals surface area contributed by atoms with Crippen LogP contribution in [0.5, 0.6) is 5.75 Å². The number of para-hydroxylation sites is 1. The van der Waals surface area contributed by atoms with Crippen LogP contribution >= 0.6 is 0 Å². The van der Waals surface area contributed by atoms with Crippen LogP contribution in [0.1, 0.15) is 23.2 Å². The molecule has 1 heterocycles. The van der Waals surface area contributed by atoms with Gasteiger partial charge in [0, 0.05) is 20.8 Å². The van der Waals surface area contributed by atoms with Crippen molar-refractivity contribution in [3.63, 3.8) is 0 Å².